The normalized spacial score (nSPS) is 17.9. The zero-order valence-electron chi connectivity index (χ0n) is 13.2. The van der Waals surface area contributed by atoms with Crippen molar-refractivity contribution < 1.29 is 9.90 Å². The van der Waals surface area contributed by atoms with Crippen molar-refractivity contribution in [1.82, 2.24) is 4.90 Å². The number of piperidine rings is 1. The van der Waals surface area contributed by atoms with Gasteiger partial charge < -0.3 is 15.3 Å². The fourth-order valence-corrected chi connectivity index (χ4v) is 3.08. The Morgan fingerprint density at radius 1 is 1.38 bits per heavy atom. The Balaban J connectivity index is 1.99. The van der Waals surface area contributed by atoms with Crippen molar-refractivity contribution in [3.8, 4) is 0 Å². The van der Waals surface area contributed by atoms with Crippen molar-refractivity contribution in [2.45, 2.75) is 38.7 Å². The average molecular weight is 290 g/mol. The summed E-state index contributed by atoms with van der Waals surface area (Å²) >= 11 is 0. The largest absolute Gasteiger partial charge is 0.390 e. The van der Waals surface area contributed by atoms with Gasteiger partial charge in [0, 0.05) is 31.4 Å². The molecule has 0 saturated carbocycles. The first-order valence-corrected chi connectivity index (χ1v) is 7.73. The van der Waals surface area contributed by atoms with Crippen LogP contribution in [0, 0.1) is 5.92 Å². The molecule has 1 aromatic carbocycles. The Bertz CT molecular complexity index is 491. The SMILES string of the molecule is CNc1cccc(C(=O)N2CCC(O)(CC(C)C)CC2)c1. The first-order valence-electron chi connectivity index (χ1n) is 7.73. The molecule has 0 atom stereocenters. The van der Waals surface area contributed by atoms with Crippen molar-refractivity contribution in [2.75, 3.05) is 25.5 Å². The van der Waals surface area contributed by atoms with Crippen LogP contribution < -0.4 is 5.32 Å². The molecular formula is C17H26N2O2. The second-order valence-corrected chi connectivity index (χ2v) is 6.45. The minimum absolute atomic E-state index is 0.0543. The highest BCUT2D eigenvalue weighted by atomic mass is 16.3. The van der Waals surface area contributed by atoms with Crippen LogP contribution in [0.1, 0.15) is 43.5 Å². The highest BCUT2D eigenvalue weighted by molar-refractivity contribution is 5.95. The van der Waals surface area contributed by atoms with Gasteiger partial charge in [-0.05, 0) is 43.4 Å². The van der Waals surface area contributed by atoms with E-state index in [1.54, 1.807) is 0 Å². The van der Waals surface area contributed by atoms with Crippen LogP contribution in [0.25, 0.3) is 0 Å². The van der Waals surface area contributed by atoms with Crippen LogP contribution in [0.2, 0.25) is 0 Å². The van der Waals surface area contributed by atoms with Gasteiger partial charge in [-0.1, -0.05) is 19.9 Å². The molecule has 2 rings (SSSR count). The van der Waals surface area contributed by atoms with E-state index in [9.17, 15) is 9.90 Å². The monoisotopic (exact) mass is 290 g/mol. The Kier molecular flexibility index (Phi) is 4.88. The highest BCUT2D eigenvalue weighted by Crippen LogP contribution is 2.29. The van der Waals surface area contributed by atoms with Gasteiger partial charge in [-0.15, -0.1) is 0 Å². The maximum atomic E-state index is 12.5. The summed E-state index contributed by atoms with van der Waals surface area (Å²) in [6, 6.07) is 7.54. The van der Waals surface area contributed by atoms with Crippen molar-refractivity contribution in [2.24, 2.45) is 5.92 Å². The molecule has 1 heterocycles. The molecule has 0 radical (unpaired) electrons. The molecule has 1 fully saturated rings. The van der Waals surface area contributed by atoms with Crippen LogP contribution in [-0.4, -0.2) is 41.7 Å². The zero-order chi connectivity index (χ0) is 15.5. The lowest BCUT2D eigenvalue weighted by atomic mass is 9.84. The quantitative estimate of drug-likeness (QED) is 0.896. The lowest BCUT2D eigenvalue weighted by Gasteiger charge is -2.39. The summed E-state index contributed by atoms with van der Waals surface area (Å²) in [7, 11) is 1.84. The summed E-state index contributed by atoms with van der Waals surface area (Å²) in [5.74, 6) is 0.531. The molecule has 0 aliphatic carbocycles. The van der Waals surface area contributed by atoms with Gasteiger partial charge in [-0.2, -0.15) is 0 Å². The van der Waals surface area contributed by atoms with E-state index in [0.29, 0.717) is 37.4 Å². The van der Waals surface area contributed by atoms with Crippen LogP contribution in [0.5, 0.6) is 0 Å². The number of nitrogens with one attached hydrogen (secondary N) is 1. The predicted octanol–water partition coefficient (Wildman–Crippen LogP) is 2.74. The van der Waals surface area contributed by atoms with E-state index in [1.807, 2.05) is 36.2 Å². The number of aliphatic hydroxyl groups is 1. The fraction of sp³-hybridized carbons (Fsp3) is 0.588. The van der Waals surface area contributed by atoms with Crippen molar-refractivity contribution in [1.29, 1.82) is 0 Å². The summed E-state index contributed by atoms with van der Waals surface area (Å²) in [6.07, 6.45) is 2.15. The number of nitrogens with zero attached hydrogens (tertiary/aromatic N) is 1. The summed E-state index contributed by atoms with van der Waals surface area (Å²) in [5, 5.41) is 13.6. The van der Waals surface area contributed by atoms with Crippen molar-refractivity contribution in [3.63, 3.8) is 0 Å². The second-order valence-electron chi connectivity index (χ2n) is 6.45. The Labute approximate surface area is 127 Å². The Morgan fingerprint density at radius 2 is 2.05 bits per heavy atom. The summed E-state index contributed by atoms with van der Waals surface area (Å²) < 4.78 is 0. The van der Waals surface area contributed by atoms with Crippen molar-refractivity contribution in [3.05, 3.63) is 29.8 Å². The van der Waals surface area contributed by atoms with Gasteiger partial charge in [0.05, 0.1) is 5.60 Å². The molecule has 1 aromatic rings. The van der Waals surface area contributed by atoms with Crippen LogP contribution in [0.15, 0.2) is 24.3 Å². The molecule has 1 aliphatic heterocycles. The molecule has 0 aromatic heterocycles. The Hall–Kier alpha value is -1.55. The van der Waals surface area contributed by atoms with Gasteiger partial charge in [-0.3, -0.25) is 4.79 Å². The molecule has 116 valence electrons. The first-order chi connectivity index (χ1) is 9.93. The molecule has 1 aliphatic rings. The number of carbonyl (C=O) groups is 1. The first kappa shape index (κ1) is 15.8. The third kappa shape index (κ3) is 3.97. The average Bonchev–Trinajstić information content (AvgIpc) is 2.46. The van der Waals surface area contributed by atoms with E-state index in [0.717, 1.165) is 12.1 Å². The molecule has 4 heteroatoms. The van der Waals surface area contributed by atoms with Gasteiger partial charge in [0.2, 0.25) is 0 Å². The summed E-state index contributed by atoms with van der Waals surface area (Å²) in [6.45, 7) is 5.51. The number of hydrogen-bond donors (Lipinski definition) is 2. The van der Waals surface area contributed by atoms with Crippen LogP contribution in [0.3, 0.4) is 0 Å². The lowest BCUT2D eigenvalue weighted by molar-refractivity contribution is -0.0310. The highest BCUT2D eigenvalue weighted by Gasteiger charge is 2.34. The Morgan fingerprint density at radius 3 is 2.62 bits per heavy atom. The van der Waals surface area contributed by atoms with E-state index in [2.05, 4.69) is 19.2 Å². The smallest absolute Gasteiger partial charge is 0.253 e. The minimum Gasteiger partial charge on any atom is -0.390 e. The van der Waals surface area contributed by atoms with Crippen LogP contribution in [0.4, 0.5) is 5.69 Å². The van der Waals surface area contributed by atoms with E-state index in [4.69, 9.17) is 0 Å². The minimum atomic E-state index is -0.599. The molecule has 1 saturated heterocycles. The van der Waals surface area contributed by atoms with Gasteiger partial charge in [0.25, 0.3) is 5.91 Å². The molecular weight excluding hydrogens is 264 g/mol. The van der Waals surface area contributed by atoms with E-state index < -0.39 is 5.60 Å². The molecule has 2 N–H and O–H groups in total. The lowest BCUT2D eigenvalue weighted by Crippen LogP contribution is -2.47. The maximum Gasteiger partial charge on any atom is 0.253 e. The second kappa shape index (κ2) is 6.48. The number of likely N-dealkylation sites (tertiary alicyclic amines) is 1. The molecule has 0 bridgehead atoms. The number of amides is 1. The van der Waals surface area contributed by atoms with Crippen LogP contribution >= 0.6 is 0 Å². The van der Waals surface area contributed by atoms with E-state index in [1.165, 1.54) is 0 Å². The number of benzene rings is 1. The molecule has 1 amide bonds. The number of hydrogen-bond acceptors (Lipinski definition) is 3. The molecule has 21 heavy (non-hydrogen) atoms. The number of carbonyl (C=O) groups excluding carboxylic acids is 1. The molecule has 0 spiro atoms. The summed E-state index contributed by atoms with van der Waals surface area (Å²) in [5.41, 5.74) is 1.04. The number of rotatable bonds is 4. The zero-order valence-corrected chi connectivity index (χ0v) is 13.2. The van der Waals surface area contributed by atoms with Gasteiger partial charge in [0.15, 0.2) is 0 Å². The van der Waals surface area contributed by atoms with Gasteiger partial charge >= 0.3 is 0 Å². The van der Waals surface area contributed by atoms with E-state index in [-0.39, 0.29) is 5.91 Å². The van der Waals surface area contributed by atoms with E-state index >= 15 is 0 Å². The molecule has 4 nitrogen and oxygen atoms in total. The van der Waals surface area contributed by atoms with Crippen molar-refractivity contribution >= 4 is 11.6 Å². The standard InChI is InChI=1S/C17H26N2O2/c1-13(2)12-17(21)7-9-19(10-8-17)16(20)14-5-4-6-15(11-14)18-3/h4-6,11,13,18,21H,7-10,12H2,1-3H3. The van der Waals surface area contributed by atoms with Gasteiger partial charge in [0.1, 0.15) is 0 Å². The topological polar surface area (TPSA) is 52.6 Å². The number of anilines is 1. The summed E-state index contributed by atoms with van der Waals surface area (Å²) in [4.78, 5) is 14.4. The maximum absolute atomic E-state index is 12.5. The predicted molar refractivity (Wildman–Crippen MR) is 85.5 cm³/mol. The van der Waals surface area contributed by atoms with Gasteiger partial charge in [-0.25, -0.2) is 0 Å². The molecule has 0 unspecified atom stereocenters. The third-order valence-corrected chi connectivity index (χ3v) is 4.17. The fourth-order valence-electron chi connectivity index (χ4n) is 3.08. The third-order valence-electron chi connectivity index (χ3n) is 4.17. The van der Waals surface area contributed by atoms with Crippen LogP contribution in [-0.2, 0) is 0 Å².